The van der Waals surface area contributed by atoms with Crippen LogP contribution in [0, 0.1) is 0 Å². The highest BCUT2D eigenvalue weighted by molar-refractivity contribution is 8.01. The summed E-state index contributed by atoms with van der Waals surface area (Å²) >= 11 is 1.58. The average Bonchev–Trinajstić information content (AvgIpc) is 3.23. The fourth-order valence-corrected chi connectivity index (χ4v) is 5.16. The molecule has 2 amide bonds. The topological polar surface area (TPSA) is 245 Å². The van der Waals surface area contributed by atoms with Crippen LogP contribution in [0.25, 0.3) is 0 Å². The first-order valence-electron chi connectivity index (χ1n) is 8.38. The number of tetrazole rings is 1. The van der Waals surface area contributed by atoms with Crippen LogP contribution in [-0.4, -0.2) is 75.0 Å². The highest BCUT2D eigenvalue weighted by Gasteiger charge is 2.63. The molecular formula is C16H25N7O6S. The molecular weight excluding hydrogens is 418 g/mol. The van der Waals surface area contributed by atoms with E-state index in [9.17, 15) is 14.7 Å². The minimum absolute atomic E-state index is 0. The molecule has 0 radical (unpaired) electrons. The normalized spacial score (nSPS) is 24.3. The van der Waals surface area contributed by atoms with Crippen LogP contribution in [0.5, 0.6) is 5.75 Å². The molecule has 2 fully saturated rings. The maximum absolute atomic E-state index is 12.7. The van der Waals surface area contributed by atoms with Gasteiger partial charge in [-0.15, -0.1) is 22.0 Å². The lowest BCUT2D eigenvalue weighted by atomic mass is 9.95. The number of carbonyl (C=O) groups excluding carboxylic acids is 2. The zero-order chi connectivity index (χ0) is 19.3. The van der Waals surface area contributed by atoms with Gasteiger partial charge in [-0.3, -0.25) is 9.59 Å². The summed E-state index contributed by atoms with van der Waals surface area (Å²) in [7, 11) is 0. The van der Waals surface area contributed by atoms with Gasteiger partial charge in [-0.05, 0) is 31.5 Å². The lowest BCUT2D eigenvalue weighted by Crippen LogP contribution is -2.68. The number of nitrogens with one attached hydrogen (secondary N) is 2. The third-order valence-corrected chi connectivity index (χ3v) is 6.45. The summed E-state index contributed by atoms with van der Waals surface area (Å²) in [6, 6.07) is 4.18. The van der Waals surface area contributed by atoms with Gasteiger partial charge >= 0.3 is 0 Å². The standard InChI is InChI=1S/C16H19N7O3S.3H2O/c1-16(2)11(12-19-21-22-20-12)23-14(26)10(15(23)27-16)18-13(25)9(17)7-3-5-8(24)6-4-7;;;/h3-6,9-11,15,24H,17H2,1-2H3,(H,18,25)(H,19,20,21,22);3*1H2/t9-,10?,11?,15-;;;/m1.../s1. The Morgan fingerprint density at radius 2 is 1.93 bits per heavy atom. The van der Waals surface area contributed by atoms with Crippen LogP contribution in [0.2, 0.25) is 0 Å². The molecule has 1 aromatic heterocycles. The Balaban J connectivity index is 0.00000150. The molecule has 13 nitrogen and oxygen atoms in total. The Hall–Kier alpha value is -2.78. The van der Waals surface area contributed by atoms with E-state index in [1.165, 1.54) is 12.1 Å². The van der Waals surface area contributed by atoms with Gasteiger partial charge < -0.3 is 37.5 Å². The maximum atomic E-state index is 12.7. The molecule has 166 valence electrons. The number of hydrogen-bond acceptors (Lipinski definition) is 8. The van der Waals surface area contributed by atoms with Gasteiger partial charge in [-0.1, -0.05) is 17.3 Å². The van der Waals surface area contributed by atoms with E-state index in [1.807, 2.05) is 13.8 Å². The lowest BCUT2D eigenvalue weighted by Gasteiger charge is -2.44. The summed E-state index contributed by atoms with van der Waals surface area (Å²) in [5.74, 6) is -0.0959. The van der Waals surface area contributed by atoms with Gasteiger partial charge in [0.1, 0.15) is 29.2 Å². The molecule has 4 rings (SSSR count). The monoisotopic (exact) mass is 443 g/mol. The number of phenolic OH excluding ortho intramolecular Hbond substituents is 1. The fourth-order valence-electron chi connectivity index (χ4n) is 3.53. The smallest absolute Gasteiger partial charge is 0.249 e. The molecule has 11 N–H and O–H groups in total. The van der Waals surface area contributed by atoms with Crippen molar-refractivity contribution in [2.75, 3.05) is 0 Å². The summed E-state index contributed by atoms with van der Waals surface area (Å²) in [6.45, 7) is 4.01. The van der Waals surface area contributed by atoms with Crippen molar-refractivity contribution >= 4 is 23.6 Å². The third-order valence-electron chi connectivity index (χ3n) is 4.88. The van der Waals surface area contributed by atoms with E-state index < -0.39 is 18.0 Å². The first-order chi connectivity index (χ1) is 12.8. The van der Waals surface area contributed by atoms with Crippen LogP contribution in [-0.2, 0) is 9.59 Å². The zero-order valence-electron chi connectivity index (χ0n) is 16.2. The van der Waals surface area contributed by atoms with Gasteiger partial charge in [0.15, 0.2) is 5.82 Å². The molecule has 0 bridgehead atoms. The Labute approximate surface area is 175 Å². The summed E-state index contributed by atoms with van der Waals surface area (Å²) in [5.41, 5.74) is 6.55. The number of nitrogens with two attached hydrogens (primary N) is 1. The quantitative estimate of drug-likeness (QED) is 0.362. The molecule has 2 aromatic rings. The predicted octanol–water partition coefficient (Wildman–Crippen LogP) is -2.65. The van der Waals surface area contributed by atoms with E-state index in [2.05, 4.69) is 25.9 Å². The number of rotatable bonds is 4. The van der Waals surface area contributed by atoms with Crippen molar-refractivity contribution in [2.45, 2.75) is 42.1 Å². The van der Waals surface area contributed by atoms with Crippen LogP contribution in [0.15, 0.2) is 24.3 Å². The van der Waals surface area contributed by atoms with E-state index in [-0.39, 0.29) is 44.2 Å². The van der Waals surface area contributed by atoms with E-state index in [1.54, 1.807) is 28.8 Å². The maximum Gasteiger partial charge on any atom is 0.249 e. The number of nitrogens with zero attached hydrogens (tertiary/aromatic N) is 4. The summed E-state index contributed by atoms with van der Waals surface area (Å²) in [4.78, 5) is 26.9. The SMILES string of the molecule is CC1(C)S[C@@H]2C(NC(=O)[C@H](N)c3ccc(O)cc3)C(=O)N2C1c1nn[nH]n1.O.O.O. The van der Waals surface area contributed by atoms with E-state index in [0.29, 0.717) is 11.4 Å². The molecule has 4 atom stereocenters. The second kappa shape index (κ2) is 8.93. The van der Waals surface area contributed by atoms with E-state index in [4.69, 9.17) is 5.73 Å². The lowest BCUT2D eigenvalue weighted by molar-refractivity contribution is -0.152. The van der Waals surface area contributed by atoms with Crippen LogP contribution >= 0.6 is 11.8 Å². The van der Waals surface area contributed by atoms with Gasteiger partial charge in [0.2, 0.25) is 11.8 Å². The summed E-state index contributed by atoms with van der Waals surface area (Å²) in [6.07, 6.45) is 0. The van der Waals surface area contributed by atoms with Gasteiger partial charge in [-0.25, -0.2) is 0 Å². The highest BCUT2D eigenvalue weighted by atomic mass is 32.2. The minimum Gasteiger partial charge on any atom is -0.508 e. The Bertz CT molecular complexity index is 879. The number of benzene rings is 1. The highest BCUT2D eigenvalue weighted by Crippen LogP contribution is 2.56. The van der Waals surface area contributed by atoms with E-state index in [0.717, 1.165) is 0 Å². The molecule has 14 heteroatoms. The number of thioether (sulfide) groups is 1. The molecule has 0 saturated carbocycles. The van der Waals surface area contributed by atoms with Crippen molar-refractivity contribution < 1.29 is 31.1 Å². The Kier molecular flexibility index (Phi) is 7.52. The van der Waals surface area contributed by atoms with Crippen LogP contribution < -0.4 is 11.1 Å². The van der Waals surface area contributed by atoms with Gasteiger partial charge in [0.25, 0.3) is 0 Å². The molecule has 2 saturated heterocycles. The number of aromatic hydroxyl groups is 1. The number of aromatic amines is 1. The van der Waals surface area contributed by atoms with Crippen molar-refractivity contribution in [1.82, 2.24) is 30.8 Å². The van der Waals surface area contributed by atoms with Crippen LogP contribution in [0.4, 0.5) is 0 Å². The molecule has 1 aromatic carbocycles. The van der Waals surface area contributed by atoms with Crippen molar-refractivity contribution in [1.29, 1.82) is 0 Å². The van der Waals surface area contributed by atoms with Crippen molar-refractivity contribution in [3.8, 4) is 5.75 Å². The number of H-pyrrole nitrogens is 1. The Morgan fingerprint density at radius 1 is 1.30 bits per heavy atom. The number of carbonyl (C=O) groups is 2. The fraction of sp³-hybridized carbons (Fsp3) is 0.438. The summed E-state index contributed by atoms with van der Waals surface area (Å²) in [5, 5.41) is 25.9. The summed E-state index contributed by atoms with van der Waals surface area (Å²) < 4.78 is -0.331. The first kappa shape index (κ1) is 25.3. The first-order valence-corrected chi connectivity index (χ1v) is 9.26. The van der Waals surface area contributed by atoms with Crippen molar-refractivity contribution in [3.05, 3.63) is 35.7 Å². The second-order valence-corrected chi connectivity index (χ2v) is 8.86. The van der Waals surface area contributed by atoms with Crippen LogP contribution in [0.1, 0.15) is 37.3 Å². The largest absolute Gasteiger partial charge is 0.508 e. The number of fused-ring (bicyclic) bond motifs is 1. The number of hydrogen-bond donors (Lipinski definition) is 4. The van der Waals surface area contributed by atoms with Gasteiger partial charge in [0.05, 0.1) is 0 Å². The Morgan fingerprint density at radius 3 is 2.50 bits per heavy atom. The van der Waals surface area contributed by atoms with Crippen molar-refractivity contribution in [3.63, 3.8) is 0 Å². The zero-order valence-corrected chi connectivity index (χ0v) is 17.0. The molecule has 0 aliphatic carbocycles. The molecule has 2 unspecified atom stereocenters. The molecule has 0 spiro atoms. The third kappa shape index (κ3) is 3.95. The molecule has 3 heterocycles. The van der Waals surface area contributed by atoms with E-state index >= 15 is 0 Å². The minimum atomic E-state index is -0.931. The molecule has 2 aliphatic heterocycles. The number of β-lactam (4-membered cyclic amide) rings is 1. The van der Waals surface area contributed by atoms with Gasteiger partial charge in [0, 0.05) is 4.75 Å². The van der Waals surface area contributed by atoms with Gasteiger partial charge in [-0.2, -0.15) is 5.21 Å². The van der Waals surface area contributed by atoms with Crippen LogP contribution in [0.3, 0.4) is 0 Å². The number of amides is 2. The number of phenols is 1. The molecule has 30 heavy (non-hydrogen) atoms. The average molecular weight is 443 g/mol. The molecule has 2 aliphatic rings. The predicted molar refractivity (Wildman–Crippen MR) is 107 cm³/mol. The van der Waals surface area contributed by atoms with Crippen molar-refractivity contribution in [2.24, 2.45) is 5.73 Å². The second-order valence-electron chi connectivity index (χ2n) is 7.09. The number of aromatic nitrogens is 4.